The van der Waals surface area contributed by atoms with Crippen LogP contribution in [0.15, 0.2) is 112 Å². The van der Waals surface area contributed by atoms with Crippen LogP contribution in [0.5, 0.6) is 0 Å². The molecule has 7 nitrogen and oxygen atoms in total. The van der Waals surface area contributed by atoms with E-state index >= 15 is 0 Å². The van der Waals surface area contributed by atoms with Crippen molar-refractivity contribution in [3.05, 3.63) is 130 Å². The zero-order chi connectivity index (χ0) is 31.9. The van der Waals surface area contributed by atoms with Crippen LogP contribution in [0.4, 0.5) is 10.1 Å². The lowest BCUT2D eigenvalue weighted by atomic mass is 10.0. The van der Waals surface area contributed by atoms with Crippen LogP contribution in [0, 0.1) is 12.7 Å². The van der Waals surface area contributed by atoms with E-state index in [1.165, 1.54) is 29.2 Å². The number of carbonyl (C=O) groups excluding carboxylic acids is 2. The maximum atomic E-state index is 14.4. The first-order valence-electron chi connectivity index (χ1n) is 14.2. The fraction of sp³-hybridized carbons (Fsp3) is 0.235. The highest BCUT2D eigenvalue weighted by Crippen LogP contribution is 2.27. The second-order valence-corrected chi connectivity index (χ2v) is 13.6. The van der Waals surface area contributed by atoms with Gasteiger partial charge < -0.3 is 10.2 Å². The zero-order valence-corrected chi connectivity index (χ0v) is 27.2. The summed E-state index contributed by atoms with van der Waals surface area (Å²) in [7, 11) is -4.20. The van der Waals surface area contributed by atoms with Crippen molar-refractivity contribution in [2.75, 3.05) is 10.8 Å². The number of anilines is 1. The Morgan fingerprint density at radius 1 is 0.864 bits per heavy atom. The van der Waals surface area contributed by atoms with Gasteiger partial charge in [0.2, 0.25) is 11.8 Å². The molecule has 0 bridgehead atoms. The molecule has 0 heterocycles. The number of sulfonamides is 1. The van der Waals surface area contributed by atoms with Crippen LogP contribution in [-0.2, 0) is 32.6 Å². The molecule has 0 saturated heterocycles. The molecule has 0 spiro atoms. The van der Waals surface area contributed by atoms with Crippen LogP contribution >= 0.6 is 15.9 Å². The van der Waals surface area contributed by atoms with Crippen molar-refractivity contribution in [1.29, 1.82) is 0 Å². The zero-order valence-electron chi connectivity index (χ0n) is 24.8. The van der Waals surface area contributed by atoms with E-state index in [9.17, 15) is 22.4 Å². The van der Waals surface area contributed by atoms with Crippen LogP contribution in [0.25, 0.3) is 0 Å². The van der Waals surface area contributed by atoms with Crippen LogP contribution in [0.3, 0.4) is 0 Å². The van der Waals surface area contributed by atoms with Crippen molar-refractivity contribution in [2.24, 2.45) is 0 Å². The topological polar surface area (TPSA) is 86.8 Å². The minimum Gasteiger partial charge on any atom is -0.352 e. The number of nitrogens with one attached hydrogen (secondary N) is 1. The largest absolute Gasteiger partial charge is 0.352 e. The maximum absolute atomic E-state index is 14.4. The van der Waals surface area contributed by atoms with E-state index in [2.05, 4.69) is 21.2 Å². The first kappa shape index (κ1) is 32.9. The van der Waals surface area contributed by atoms with Crippen LogP contribution in [0.2, 0.25) is 0 Å². The van der Waals surface area contributed by atoms with Crippen molar-refractivity contribution >= 4 is 43.5 Å². The van der Waals surface area contributed by atoms with Gasteiger partial charge in [-0.2, -0.15) is 0 Å². The second kappa shape index (κ2) is 14.6. The SMILES string of the molecule is Cc1ccc(S(=O)(=O)N(CC(=O)N(Cc2ccc(F)cc2)[C@@H](Cc2ccccc2)C(=O)NC(C)C)c2cccc(Br)c2)cc1. The van der Waals surface area contributed by atoms with Crippen LogP contribution in [0.1, 0.15) is 30.5 Å². The number of benzene rings is 4. The molecule has 0 radical (unpaired) electrons. The Balaban J connectivity index is 1.80. The highest BCUT2D eigenvalue weighted by Gasteiger charge is 2.35. The van der Waals surface area contributed by atoms with Crippen molar-refractivity contribution < 1.29 is 22.4 Å². The summed E-state index contributed by atoms with van der Waals surface area (Å²) in [6.45, 7) is 4.89. The number of carbonyl (C=O) groups is 2. The molecule has 4 rings (SSSR count). The molecule has 0 aliphatic rings. The van der Waals surface area contributed by atoms with Crippen LogP contribution < -0.4 is 9.62 Å². The molecule has 0 aliphatic heterocycles. The first-order chi connectivity index (χ1) is 20.9. The minimum absolute atomic E-state index is 0.0272. The molecule has 4 aromatic carbocycles. The molecule has 1 N–H and O–H groups in total. The number of rotatable bonds is 12. The van der Waals surface area contributed by atoms with E-state index in [1.807, 2.05) is 51.1 Å². The number of nitrogens with zero attached hydrogens (tertiary/aromatic N) is 2. The fourth-order valence-electron chi connectivity index (χ4n) is 4.72. The molecule has 44 heavy (non-hydrogen) atoms. The van der Waals surface area contributed by atoms with Gasteiger partial charge in [0.15, 0.2) is 0 Å². The Morgan fingerprint density at radius 3 is 2.14 bits per heavy atom. The number of hydrogen-bond donors (Lipinski definition) is 1. The van der Waals surface area contributed by atoms with Gasteiger partial charge in [-0.15, -0.1) is 0 Å². The van der Waals surface area contributed by atoms with Crippen molar-refractivity contribution in [3.8, 4) is 0 Å². The van der Waals surface area contributed by atoms with E-state index in [1.54, 1.807) is 48.5 Å². The molecule has 0 aromatic heterocycles. The standard InChI is InChI=1S/C34H35BrFN3O4S/c1-24(2)37-34(41)32(20-26-8-5-4-6-9-26)38(22-27-14-16-29(36)17-15-27)33(40)23-39(30-11-7-10-28(35)21-30)44(42,43)31-18-12-25(3)13-19-31/h4-19,21,24,32H,20,22-23H2,1-3H3,(H,37,41)/t32-/m0/s1. The summed E-state index contributed by atoms with van der Waals surface area (Å²) in [4.78, 5) is 29.5. The first-order valence-corrected chi connectivity index (χ1v) is 16.4. The van der Waals surface area contributed by atoms with Gasteiger partial charge in [0.25, 0.3) is 10.0 Å². The predicted octanol–water partition coefficient (Wildman–Crippen LogP) is 6.26. The van der Waals surface area contributed by atoms with Crippen molar-refractivity contribution in [1.82, 2.24) is 10.2 Å². The average Bonchev–Trinajstić information content (AvgIpc) is 2.98. The Bertz CT molecular complexity index is 1680. The van der Waals surface area contributed by atoms with Gasteiger partial charge in [-0.25, -0.2) is 12.8 Å². The lowest BCUT2D eigenvalue weighted by molar-refractivity contribution is -0.140. The molecular formula is C34H35BrFN3O4S. The third kappa shape index (κ3) is 8.54. The van der Waals surface area contributed by atoms with Gasteiger partial charge >= 0.3 is 0 Å². The number of hydrogen-bond acceptors (Lipinski definition) is 4. The Morgan fingerprint density at radius 2 is 1.52 bits per heavy atom. The number of aryl methyl sites for hydroxylation is 1. The predicted molar refractivity (Wildman–Crippen MR) is 174 cm³/mol. The third-order valence-electron chi connectivity index (χ3n) is 6.95. The quantitative estimate of drug-likeness (QED) is 0.192. The van der Waals surface area contributed by atoms with Crippen molar-refractivity contribution in [2.45, 2.75) is 50.7 Å². The molecule has 10 heteroatoms. The minimum atomic E-state index is -4.20. The second-order valence-electron chi connectivity index (χ2n) is 10.8. The number of halogens is 2. The van der Waals surface area contributed by atoms with Crippen molar-refractivity contribution in [3.63, 3.8) is 0 Å². The maximum Gasteiger partial charge on any atom is 0.264 e. The van der Waals surface area contributed by atoms with Gasteiger partial charge in [-0.1, -0.05) is 82.2 Å². The molecule has 0 fully saturated rings. The lowest BCUT2D eigenvalue weighted by Crippen LogP contribution is -2.54. The molecule has 0 aliphatic carbocycles. The number of amides is 2. The smallest absolute Gasteiger partial charge is 0.264 e. The van der Waals surface area contributed by atoms with E-state index in [0.29, 0.717) is 10.0 Å². The molecule has 1 atom stereocenters. The highest BCUT2D eigenvalue weighted by atomic mass is 79.9. The average molecular weight is 681 g/mol. The van der Waals surface area contributed by atoms with E-state index in [-0.39, 0.29) is 35.5 Å². The normalized spacial score (nSPS) is 12.0. The fourth-order valence-corrected chi connectivity index (χ4v) is 6.51. The highest BCUT2D eigenvalue weighted by molar-refractivity contribution is 9.10. The van der Waals surface area contributed by atoms with Gasteiger partial charge in [0, 0.05) is 23.5 Å². The van der Waals surface area contributed by atoms with Gasteiger partial charge in [0.1, 0.15) is 18.4 Å². The molecule has 0 saturated carbocycles. The van der Waals surface area contributed by atoms with Gasteiger partial charge in [-0.05, 0) is 74.4 Å². The Hall–Kier alpha value is -4.02. The van der Waals surface area contributed by atoms with Crippen LogP contribution in [-0.4, -0.2) is 43.8 Å². The molecular weight excluding hydrogens is 645 g/mol. The summed E-state index contributed by atoms with van der Waals surface area (Å²) in [5.74, 6) is -1.41. The van der Waals surface area contributed by atoms with E-state index in [0.717, 1.165) is 15.4 Å². The summed E-state index contributed by atoms with van der Waals surface area (Å²) < 4.78 is 43.6. The monoisotopic (exact) mass is 679 g/mol. The lowest BCUT2D eigenvalue weighted by Gasteiger charge is -2.34. The third-order valence-corrected chi connectivity index (χ3v) is 9.23. The molecule has 0 unspecified atom stereocenters. The summed E-state index contributed by atoms with van der Waals surface area (Å²) in [6, 6.07) is 26.8. The Kier molecular flexibility index (Phi) is 10.9. The van der Waals surface area contributed by atoms with E-state index in [4.69, 9.17) is 0 Å². The van der Waals surface area contributed by atoms with Gasteiger partial charge in [0.05, 0.1) is 10.6 Å². The summed E-state index contributed by atoms with van der Waals surface area (Å²) in [5.41, 5.74) is 2.58. The van der Waals surface area contributed by atoms with Gasteiger partial charge in [-0.3, -0.25) is 13.9 Å². The summed E-state index contributed by atoms with van der Waals surface area (Å²) >= 11 is 3.41. The van der Waals surface area contributed by atoms with E-state index < -0.39 is 34.3 Å². The Labute approximate surface area is 266 Å². The summed E-state index contributed by atoms with van der Waals surface area (Å²) in [5, 5.41) is 2.92. The molecule has 230 valence electrons. The molecule has 4 aromatic rings. The summed E-state index contributed by atoms with van der Waals surface area (Å²) in [6.07, 6.45) is 0.188. The molecule has 2 amide bonds.